The van der Waals surface area contributed by atoms with Crippen molar-refractivity contribution in [1.29, 1.82) is 0 Å². The van der Waals surface area contributed by atoms with Crippen molar-refractivity contribution in [2.75, 3.05) is 13.1 Å². The van der Waals surface area contributed by atoms with Crippen molar-refractivity contribution in [1.82, 2.24) is 14.9 Å². The summed E-state index contributed by atoms with van der Waals surface area (Å²) in [5, 5.41) is 9.43. The number of fused-ring (bicyclic) bond motifs is 1. The van der Waals surface area contributed by atoms with Crippen molar-refractivity contribution in [3.05, 3.63) is 46.1 Å². The number of amides is 1. The van der Waals surface area contributed by atoms with Gasteiger partial charge in [0.05, 0.1) is 34.6 Å². The number of aliphatic hydroxyl groups excluding tert-OH is 1. The molecule has 0 radical (unpaired) electrons. The standard InChI is InChI=1S/C20H17F4N3O2S/c1-10-6-15(20(22,23)24)26-17(16(10)19(29)27-5-3-11(21)8-27)13-2-4-25-14-7-12(9-28)30-18(13)14/h2,4,6-7,11,28H,3,5,8-9H2,1H3. The number of nitrogens with zero attached hydrogens (tertiary/aromatic N) is 3. The number of rotatable bonds is 3. The number of carbonyl (C=O) groups excluding carboxylic acids is 1. The summed E-state index contributed by atoms with van der Waals surface area (Å²) in [7, 11) is 0. The van der Waals surface area contributed by atoms with Crippen molar-refractivity contribution in [2.24, 2.45) is 0 Å². The maximum atomic E-state index is 13.7. The fourth-order valence-electron chi connectivity index (χ4n) is 3.59. The van der Waals surface area contributed by atoms with E-state index in [-0.39, 0.29) is 42.9 Å². The van der Waals surface area contributed by atoms with Crippen LogP contribution in [0, 0.1) is 6.92 Å². The van der Waals surface area contributed by atoms with Gasteiger partial charge in [0.1, 0.15) is 11.9 Å². The van der Waals surface area contributed by atoms with Crippen LogP contribution >= 0.6 is 11.3 Å². The SMILES string of the molecule is Cc1cc(C(F)(F)F)nc(-c2ccnc3cc(CO)sc23)c1C(=O)N1CCC(F)C1. The molecule has 4 heterocycles. The van der Waals surface area contributed by atoms with Crippen LogP contribution in [0.1, 0.15) is 32.9 Å². The Bertz CT molecular complexity index is 1130. The number of aliphatic hydroxyl groups is 1. The topological polar surface area (TPSA) is 66.3 Å². The number of thiophene rings is 1. The smallest absolute Gasteiger partial charge is 0.391 e. The summed E-state index contributed by atoms with van der Waals surface area (Å²) >= 11 is 1.17. The van der Waals surface area contributed by atoms with Crippen molar-refractivity contribution < 1.29 is 27.5 Å². The predicted octanol–water partition coefficient (Wildman–Crippen LogP) is 4.36. The van der Waals surface area contributed by atoms with Gasteiger partial charge in [0, 0.05) is 23.2 Å². The first kappa shape index (κ1) is 20.7. The molecule has 5 nitrogen and oxygen atoms in total. The molecule has 4 rings (SSSR count). The van der Waals surface area contributed by atoms with E-state index in [2.05, 4.69) is 9.97 Å². The van der Waals surface area contributed by atoms with E-state index < -0.39 is 23.9 Å². The minimum atomic E-state index is -4.70. The van der Waals surface area contributed by atoms with Gasteiger partial charge in [0.15, 0.2) is 0 Å². The number of alkyl halides is 4. The predicted molar refractivity (Wildman–Crippen MR) is 104 cm³/mol. The Morgan fingerprint density at radius 1 is 1.37 bits per heavy atom. The van der Waals surface area contributed by atoms with Crippen LogP contribution in [0.25, 0.3) is 21.5 Å². The zero-order valence-electron chi connectivity index (χ0n) is 15.8. The van der Waals surface area contributed by atoms with Crippen molar-refractivity contribution in [2.45, 2.75) is 32.3 Å². The zero-order chi connectivity index (χ0) is 21.6. The lowest BCUT2D eigenvalue weighted by Crippen LogP contribution is -2.30. The van der Waals surface area contributed by atoms with Crippen LogP contribution in [0.3, 0.4) is 0 Å². The second-order valence-corrected chi connectivity index (χ2v) is 8.26. The Hall–Kier alpha value is -2.59. The van der Waals surface area contributed by atoms with Gasteiger partial charge in [-0.25, -0.2) is 9.37 Å². The molecule has 1 amide bonds. The highest BCUT2D eigenvalue weighted by molar-refractivity contribution is 7.19. The molecule has 0 saturated carbocycles. The molecule has 0 aliphatic carbocycles. The number of hydrogen-bond acceptors (Lipinski definition) is 5. The molecule has 1 N–H and O–H groups in total. The zero-order valence-corrected chi connectivity index (χ0v) is 16.6. The van der Waals surface area contributed by atoms with E-state index in [1.54, 1.807) is 6.07 Å². The van der Waals surface area contributed by atoms with Gasteiger partial charge in [-0.15, -0.1) is 11.3 Å². The first-order chi connectivity index (χ1) is 14.2. The highest BCUT2D eigenvalue weighted by Gasteiger charge is 2.36. The average molecular weight is 439 g/mol. The molecule has 3 aromatic rings. The molecule has 30 heavy (non-hydrogen) atoms. The van der Waals surface area contributed by atoms with Gasteiger partial charge in [0.2, 0.25) is 0 Å². The molecular formula is C20H17F4N3O2S. The molecule has 158 valence electrons. The van der Waals surface area contributed by atoms with Crippen LogP contribution in [-0.2, 0) is 12.8 Å². The lowest BCUT2D eigenvalue weighted by Gasteiger charge is -2.20. The van der Waals surface area contributed by atoms with Crippen molar-refractivity contribution >= 4 is 27.5 Å². The fraction of sp³-hybridized carbons (Fsp3) is 0.350. The van der Waals surface area contributed by atoms with E-state index in [9.17, 15) is 27.5 Å². The summed E-state index contributed by atoms with van der Waals surface area (Å²) in [5.41, 5.74) is -0.291. The highest BCUT2D eigenvalue weighted by atomic mass is 32.1. The number of halogens is 4. The molecule has 1 unspecified atom stereocenters. The summed E-state index contributed by atoms with van der Waals surface area (Å²) in [6.07, 6.45) is -4.24. The van der Waals surface area contributed by atoms with Crippen LogP contribution in [0.5, 0.6) is 0 Å². The lowest BCUT2D eigenvalue weighted by atomic mass is 9.99. The van der Waals surface area contributed by atoms with Crippen molar-refractivity contribution in [3.63, 3.8) is 0 Å². The summed E-state index contributed by atoms with van der Waals surface area (Å²) in [6.45, 7) is 1.27. The Kier molecular flexibility index (Phi) is 5.23. The molecular weight excluding hydrogens is 422 g/mol. The molecule has 1 atom stereocenters. The Morgan fingerprint density at radius 2 is 2.13 bits per heavy atom. The maximum Gasteiger partial charge on any atom is 0.433 e. The lowest BCUT2D eigenvalue weighted by molar-refractivity contribution is -0.141. The number of hydrogen-bond donors (Lipinski definition) is 1. The van der Waals surface area contributed by atoms with E-state index in [1.807, 2.05) is 0 Å². The number of likely N-dealkylation sites (tertiary alicyclic amines) is 1. The van der Waals surface area contributed by atoms with Gasteiger partial charge in [-0.3, -0.25) is 9.78 Å². The van der Waals surface area contributed by atoms with E-state index in [0.717, 1.165) is 6.07 Å². The molecule has 3 aromatic heterocycles. The monoisotopic (exact) mass is 439 g/mol. The highest BCUT2D eigenvalue weighted by Crippen LogP contribution is 2.38. The number of aryl methyl sites for hydroxylation is 1. The molecule has 10 heteroatoms. The number of carbonyl (C=O) groups is 1. The average Bonchev–Trinajstić information content (AvgIpc) is 3.31. The van der Waals surface area contributed by atoms with E-state index in [0.29, 0.717) is 20.7 Å². The van der Waals surface area contributed by atoms with Crippen LogP contribution in [0.15, 0.2) is 24.4 Å². The first-order valence-electron chi connectivity index (χ1n) is 9.20. The Morgan fingerprint density at radius 3 is 2.77 bits per heavy atom. The second-order valence-electron chi connectivity index (χ2n) is 7.13. The maximum absolute atomic E-state index is 13.7. The number of aromatic nitrogens is 2. The number of pyridine rings is 2. The molecule has 0 bridgehead atoms. The summed E-state index contributed by atoms with van der Waals surface area (Å²) < 4.78 is 54.6. The molecule has 1 aliphatic heterocycles. The van der Waals surface area contributed by atoms with Crippen LogP contribution in [0.2, 0.25) is 0 Å². The Labute approximate surface area is 173 Å². The fourth-order valence-corrected chi connectivity index (χ4v) is 4.58. The molecule has 1 aliphatic rings. The molecule has 0 spiro atoms. The third-order valence-electron chi connectivity index (χ3n) is 5.01. The normalized spacial score (nSPS) is 17.1. The summed E-state index contributed by atoms with van der Waals surface area (Å²) in [4.78, 5) is 23.1. The first-order valence-corrected chi connectivity index (χ1v) is 10.0. The van der Waals surface area contributed by atoms with Gasteiger partial charge in [-0.1, -0.05) is 0 Å². The van der Waals surface area contributed by atoms with E-state index in [4.69, 9.17) is 0 Å². The molecule has 1 fully saturated rings. The second kappa shape index (κ2) is 7.59. The minimum Gasteiger partial charge on any atom is -0.391 e. The van der Waals surface area contributed by atoms with Gasteiger partial charge < -0.3 is 10.0 Å². The summed E-state index contributed by atoms with van der Waals surface area (Å²) in [5.74, 6) is -0.548. The van der Waals surface area contributed by atoms with Crippen LogP contribution < -0.4 is 0 Å². The van der Waals surface area contributed by atoms with Crippen LogP contribution in [0.4, 0.5) is 17.6 Å². The third-order valence-corrected chi connectivity index (χ3v) is 6.16. The largest absolute Gasteiger partial charge is 0.433 e. The quantitative estimate of drug-likeness (QED) is 0.616. The van der Waals surface area contributed by atoms with Crippen molar-refractivity contribution in [3.8, 4) is 11.3 Å². The molecule has 1 saturated heterocycles. The van der Waals surface area contributed by atoms with Crippen LogP contribution in [-0.4, -0.2) is 45.1 Å². The Balaban J connectivity index is 1.96. The minimum absolute atomic E-state index is 0.0172. The van der Waals surface area contributed by atoms with Gasteiger partial charge in [-0.05, 0) is 37.1 Å². The van der Waals surface area contributed by atoms with E-state index in [1.165, 1.54) is 35.4 Å². The van der Waals surface area contributed by atoms with Gasteiger partial charge in [-0.2, -0.15) is 13.2 Å². The van der Waals surface area contributed by atoms with Gasteiger partial charge in [0.25, 0.3) is 5.91 Å². The summed E-state index contributed by atoms with van der Waals surface area (Å²) in [6, 6.07) is 3.98. The molecule has 0 aromatic carbocycles. The van der Waals surface area contributed by atoms with E-state index >= 15 is 0 Å². The third kappa shape index (κ3) is 3.65. The van der Waals surface area contributed by atoms with Gasteiger partial charge >= 0.3 is 6.18 Å².